The van der Waals surface area contributed by atoms with Gasteiger partial charge in [0.2, 0.25) is 11.8 Å². The van der Waals surface area contributed by atoms with Gasteiger partial charge in [-0.05, 0) is 55.0 Å². The lowest BCUT2D eigenvalue weighted by atomic mass is 10.2. The van der Waals surface area contributed by atoms with Crippen LogP contribution in [0.2, 0.25) is 0 Å². The van der Waals surface area contributed by atoms with Gasteiger partial charge < -0.3 is 25.7 Å². The van der Waals surface area contributed by atoms with E-state index in [2.05, 4.69) is 28.2 Å². The molecule has 0 aliphatic rings. The van der Waals surface area contributed by atoms with Crippen LogP contribution in [0.1, 0.15) is 48.7 Å². The van der Waals surface area contributed by atoms with Crippen LogP contribution in [-0.2, 0) is 16.1 Å². The van der Waals surface area contributed by atoms with Crippen molar-refractivity contribution < 1.29 is 18.8 Å². The van der Waals surface area contributed by atoms with Crippen LogP contribution in [0.4, 0.5) is 17.1 Å². The van der Waals surface area contributed by atoms with E-state index in [1.807, 2.05) is 0 Å². The van der Waals surface area contributed by atoms with Gasteiger partial charge >= 0.3 is 0 Å². The van der Waals surface area contributed by atoms with Gasteiger partial charge in [0.15, 0.2) is 0 Å². The van der Waals surface area contributed by atoms with E-state index in [-0.39, 0.29) is 24.3 Å². The first-order valence-electron chi connectivity index (χ1n) is 11.4. The first-order chi connectivity index (χ1) is 16.5. The summed E-state index contributed by atoms with van der Waals surface area (Å²) in [5, 5.41) is 11.5. The third-order valence-electron chi connectivity index (χ3n) is 5.02. The highest BCUT2D eigenvalue weighted by Crippen LogP contribution is 2.16. The molecule has 0 aliphatic heterocycles. The number of carbonyl (C=O) groups is 3. The van der Waals surface area contributed by atoms with Gasteiger partial charge in [-0.1, -0.05) is 31.9 Å². The van der Waals surface area contributed by atoms with Crippen molar-refractivity contribution in [3.8, 4) is 0 Å². The molecule has 4 N–H and O–H groups in total. The largest absolute Gasteiger partial charge is 0.467 e. The Morgan fingerprint density at radius 1 is 0.824 bits per heavy atom. The van der Waals surface area contributed by atoms with Crippen LogP contribution in [0.3, 0.4) is 0 Å². The number of anilines is 3. The van der Waals surface area contributed by atoms with Gasteiger partial charge in [-0.15, -0.1) is 0 Å². The van der Waals surface area contributed by atoms with Gasteiger partial charge in [0, 0.05) is 29.0 Å². The van der Waals surface area contributed by atoms with Crippen molar-refractivity contribution in [2.75, 3.05) is 22.5 Å². The first kappa shape index (κ1) is 24.6. The van der Waals surface area contributed by atoms with Crippen LogP contribution in [0.5, 0.6) is 0 Å². The van der Waals surface area contributed by atoms with Gasteiger partial charge in [0.1, 0.15) is 5.76 Å². The molecule has 0 fully saturated rings. The molecular weight excluding hydrogens is 432 g/mol. The Morgan fingerprint density at radius 2 is 1.56 bits per heavy atom. The minimum Gasteiger partial charge on any atom is -0.467 e. The predicted molar refractivity (Wildman–Crippen MR) is 133 cm³/mol. The van der Waals surface area contributed by atoms with Crippen LogP contribution in [-0.4, -0.2) is 24.3 Å². The molecule has 1 aromatic heterocycles. The molecule has 8 heteroatoms. The Kier molecular flexibility index (Phi) is 9.28. The summed E-state index contributed by atoms with van der Waals surface area (Å²) in [5.74, 6) is 0.142. The fourth-order valence-electron chi connectivity index (χ4n) is 3.27. The number of hydrogen-bond donors (Lipinski definition) is 4. The van der Waals surface area contributed by atoms with Gasteiger partial charge in [0.05, 0.1) is 19.4 Å². The van der Waals surface area contributed by atoms with Crippen molar-refractivity contribution in [2.24, 2.45) is 0 Å². The number of rotatable bonds is 12. The Balaban J connectivity index is 1.47. The molecular formula is C26H30N4O4. The van der Waals surface area contributed by atoms with Gasteiger partial charge in [-0.3, -0.25) is 14.4 Å². The molecule has 0 saturated heterocycles. The van der Waals surface area contributed by atoms with Gasteiger partial charge in [-0.2, -0.15) is 0 Å². The molecule has 0 bridgehead atoms. The van der Waals surface area contributed by atoms with Crippen molar-refractivity contribution >= 4 is 34.8 Å². The molecule has 0 spiro atoms. The summed E-state index contributed by atoms with van der Waals surface area (Å²) in [5.41, 5.74) is 2.35. The third kappa shape index (κ3) is 8.12. The minimum absolute atomic E-state index is 0.0189. The second-order valence-electron chi connectivity index (χ2n) is 7.83. The Hall–Kier alpha value is -4.07. The Bertz CT molecular complexity index is 1100. The number of unbranched alkanes of at least 4 members (excludes halogenated alkanes) is 2. The standard InChI is InChI=1S/C26H30N4O4/c1-2-3-4-13-24(31)29-21-10-6-11-22(16-21)30-25(32)18-27-20-9-5-8-19(15-20)26(33)28-17-23-12-7-14-34-23/h5-12,14-16,27H,2-4,13,17-18H2,1H3,(H,28,33)(H,29,31)(H,30,32). The number of amides is 3. The summed E-state index contributed by atoms with van der Waals surface area (Å²) >= 11 is 0. The molecule has 2 aromatic carbocycles. The van der Waals surface area contributed by atoms with E-state index < -0.39 is 0 Å². The lowest BCUT2D eigenvalue weighted by Crippen LogP contribution is -2.23. The van der Waals surface area contributed by atoms with Crippen molar-refractivity contribution in [3.63, 3.8) is 0 Å². The number of carbonyl (C=O) groups excluding carboxylic acids is 3. The summed E-state index contributed by atoms with van der Waals surface area (Å²) in [6, 6.07) is 17.5. The highest BCUT2D eigenvalue weighted by Gasteiger charge is 2.09. The van der Waals surface area contributed by atoms with Crippen LogP contribution in [0, 0.1) is 0 Å². The third-order valence-corrected chi connectivity index (χ3v) is 5.02. The second-order valence-corrected chi connectivity index (χ2v) is 7.83. The van der Waals surface area contributed by atoms with Crippen molar-refractivity contribution in [1.29, 1.82) is 0 Å². The molecule has 0 saturated carbocycles. The molecule has 3 amide bonds. The molecule has 8 nitrogen and oxygen atoms in total. The zero-order valence-electron chi connectivity index (χ0n) is 19.2. The maximum Gasteiger partial charge on any atom is 0.251 e. The molecule has 1 heterocycles. The van der Waals surface area contributed by atoms with Crippen LogP contribution in [0.15, 0.2) is 71.3 Å². The molecule has 0 radical (unpaired) electrons. The molecule has 0 atom stereocenters. The molecule has 178 valence electrons. The number of furan rings is 1. The summed E-state index contributed by atoms with van der Waals surface area (Å²) in [6.07, 6.45) is 4.98. The topological polar surface area (TPSA) is 112 Å². The average molecular weight is 463 g/mol. The van der Waals surface area contributed by atoms with Crippen molar-refractivity contribution in [3.05, 3.63) is 78.3 Å². The average Bonchev–Trinajstić information content (AvgIpc) is 3.35. The summed E-state index contributed by atoms with van der Waals surface area (Å²) in [6.45, 7) is 2.41. The lowest BCUT2D eigenvalue weighted by molar-refractivity contribution is -0.116. The molecule has 0 aliphatic carbocycles. The minimum atomic E-state index is -0.251. The number of benzene rings is 2. The predicted octanol–water partition coefficient (Wildman–Crippen LogP) is 4.78. The normalized spacial score (nSPS) is 10.4. The maximum atomic E-state index is 12.4. The van der Waals surface area contributed by atoms with E-state index in [1.54, 1.807) is 66.9 Å². The lowest BCUT2D eigenvalue weighted by Gasteiger charge is -2.11. The summed E-state index contributed by atoms with van der Waals surface area (Å²) in [4.78, 5) is 36.8. The zero-order valence-corrected chi connectivity index (χ0v) is 19.2. The fourth-order valence-corrected chi connectivity index (χ4v) is 3.27. The van der Waals surface area contributed by atoms with Crippen LogP contribution >= 0.6 is 0 Å². The Morgan fingerprint density at radius 3 is 2.29 bits per heavy atom. The summed E-state index contributed by atoms with van der Waals surface area (Å²) < 4.78 is 5.21. The quantitative estimate of drug-likeness (QED) is 0.289. The molecule has 3 rings (SSSR count). The SMILES string of the molecule is CCCCCC(=O)Nc1cccc(NC(=O)CNc2cccc(C(=O)NCc3ccco3)c2)c1. The van der Waals surface area contributed by atoms with Gasteiger partial charge in [0.25, 0.3) is 5.91 Å². The Labute approximate surface area is 199 Å². The summed E-state index contributed by atoms with van der Waals surface area (Å²) in [7, 11) is 0. The highest BCUT2D eigenvalue weighted by atomic mass is 16.3. The first-order valence-corrected chi connectivity index (χ1v) is 11.4. The number of nitrogens with one attached hydrogen (secondary N) is 4. The van der Waals surface area contributed by atoms with Crippen molar-refractivity contribution in [2.45, 2.75) is 39.2 Å². The fraction of sp³-hybridized carbons (Fsp3) is 0.269. The van der Waals surface area contributed by atoms with Gasteiger partial charge in [-0.25, -0.2) is 0 Å². The smallest absolute Gasteiger partial charge is 0.251 e. The second kappa shape index (κ2) is 12.8. The van der Waals surface area contributed by atoms with E-state index in [4.69, 9.17) is 4.42 Å². The van der Waals surface area contributed by atoms with E-state index >= 15 is 0 Å². The zero-order chi connectivity index (χ0) is 24.2. The molecule has 34 heavy (non-hydrogen) atoms. The van der Waals surface area contributed by atoms with Crippen LogP contribution < -0.4 is 21.3 Å². The monoisotopic (exact) mass is 462 g/mol. The van der Waals surface area contributed by atoms with Crippen LogP contribution in [0.25, 0.3) is 0 Å². The van der Waals surface area contributed by atoms with E-state index in [0.29, 0.717) is 41.4 Å². The maximum absolute atomic E-state index is 12.4. The van der Waals surface area contributed by atoms with E-state index in [9.17, 15) is 14.4 Å². The van der Waals surface area contributed by atoms with E-state index in [0.717, 1.165) is 19.3 Å². The van der Waals surface area contributed by atoms with Crippen molar-refractivity contribution in [1.82, 2.24) is 5.32 Å². The highest BCUT2D eigenvalue weighted by molar-refractivity contribution is 5.97. The number of hydrogen-bond acceptors (Lipinski definition) is 5. The molecule has 0 unspecified atom stereocenters. The molecule has 3 aromatic rings. The van der Waals surface area contributed by atoms with E-state index in [1.165, 1.54) is 0 Å².